The van der Waals surface area contributed by atoms with Crippen molar-refractivity contribution in [2.75, 3.05) is 26.5 Å². The summed E-state index contributed by atoms with van der Waals surface area (Å²) in [5.74, 6) is 2.63. The van der Waals surface area contributed by atoms with Gasteiger partial charge in [-0.05, 0) is 62.6 Å². The van der Waals surface area contributed by atoms with Crippen molar-refractivity contribution in [3.8, 4) is 23.1 Å². The third-order valence-electron chi connectivity index (χ3n) is 6.12. The first-order chi connectivity index (χ1) is 16.4. The number of amides is 1. The summed E-state index contributed by atoms with van der Waals surface area (Å²) in [6, 6.07) is 10.6. The molecule has 1 unspecified atom stereocenters. The molecule has 1 aromatic carbocycles. The van der Waals surface area contributed by atoms with Crippen LogP contribution in [-0.4, -0.2) is 52.8 Å². The SMILES string of the molecule is COc1ccc(Oc2ccc(C(=O)N3CC[C@H](c4nnc(N)cc4C)CC3C)cc2OC)cn1. The molecule has 0 radical (unpaired) electrons. The summed E-state index contributed by atoms with van der Waals surface area (Å²) in [5.41, 5.74) is 8.29. The summed E-state index contributed by atoms with van der Waals surface area (Å²) in [4.78, 5) is 19.4. The number of anilines is 1. The number of hydrogen-bond acceptors (Lipinski definition) is 8. The lowest BCUT2D eigenvalue weighted by Crippen LogP contribution is -2.44. The van der Waals surface area contributed by atoms with E-state index in [2.05, 4.69) is 22.1 Å². The van der Waals surface area contributed by atoms with Crippen molar-refractivity contribution in [2.24, 2.45) is 0 Å². The molecule has 178 valence electrons. The van der Waals surface area contributed by atoms with Gasteiger partial charge in [-0.2, -0.15) is 5.10 Å². The number of nitrogen functional groups attached to an aromatic ring is 1. The Morgan fingerprint density at radius 3 is 2.56 bits per heavy atom. The van der Waals surface area contributed by atoms with E-state index in [-0.39, 0.29) is 17.9 Å². The minimum Gasteiger partial charge on any atom is -0.493 e. The highest BCUT2D eigenvalue weighted by molar-refractivity contribution is 5.95. The third-order valence-corrected chi connectivity index (χ3v) is 6.12. The van der Waals surface area contributed by atoms with Crippen LogP contribution < -0.4 is 19.9 Å². The molecule has 2 aromatic heterocycles. The van der Waals surface area contributed by atoms with Gasteiger partial charge in [-0.25, -0.2) is 4.98 Å². The minimum atomic E-state index is -0.0398. The van der Waals surface area contributed by atoms with Crippen molar-refractivity contribution in [1.82, 2.24) is 20.1 Å². The van der Waals surface area contributed by atoms with Gasteiger partial charge in [0.2, 0.25) is 5.88 Å². The second kappa shape index (κ2) is 9.94. The quantitative estimate of drug-likeness (QED) is 0.584. The molecule has 3 heterocycles. The molecule has 0 bridgehead atoms. The number of nitrogens with zero attached hydrogens (tertiary/aromatic N) is 4. The Bertz CT molecular complexity index is 1170. The van der Waals surface area contributed by atoms with E-state index in [1.807, 2.05) is 17.9 Å². The van der Waals surface area contributed by atoms with Gasteiger partial charge in [0, 0.05) is 30.1 Å². The number of carbonyl (C=O) groups excluding carboxylic acids is 1. The fourth-order valence-electron chi connectivity index (χ4n) is 4.37. The van der Waals surface area contributed by atoms with Gasteiger partial charge in [0.25, 0.3) is 5.91 Å². The maximum atomic E-state index is 13.3. The van der Waals surface area contributed by atoms with Gasteiger partial charge < -0.3 is 24.8 Å². The van der Waals surface area contributed by atoms with E-state index in [0.717, 1.165) is 24.1 Å². The highest BCUT2D eigenvalue weighted by Crippen LogP contribution is 2.35. The minimum absolute atomic E-state index is 0.0398. The van der Waals surface area contributed by atoms with Crippen molar-refractivity contribution in [3.05, 3.63) is 59.4 Å². The number of pyridine rings is 1. The summed E-state index contributed by atoms with van der Waals surface area (Å²) < 4.78 is 16.5. The lowest BCUT2D eigenvalue weighted by Gasteiger charge is -2.37. The van der Waals surface area contributed by atoms with Crippen molar-refractivity contribution < 1.29 is 19.0 Å². The molecule has 1 aliphatic rings. The van der Waals surface area contributed by atoms with Crippen molar-refractivity contribution in [1.29, 1.82) is 0 Å². The number of piperidine rings is 1. The Morgan fingerprint density at radius 1 is 1.09 bits per heavy atom. The van der Waals surface area contributed by atoms with Gasteiger partial charge in [0.15, 0.2) is 11.5 Å². The Kier molecular flexibility index (Phi) is 6.81. The molecule has 0 saturated carbocycles. The first-order valence-corrected chi connectivity index (χ1v) is 11.2. The molecule has 4 rings (SSSR count). The predicted octanol–water partition coefficient (Wildman–Crippen LogP) is 3.98. The molecule has 2 atom stereocenters. The zero-order chi connectivity index (χ0) is 24.2. The first-order valence-electron chi connectivity index (χ1n) is 11.2. The first kappa shape index (κ1) is 23.3. The number of ether oxygens (including phenoxy) is 3. The number of methoxy groups -OCH3 is 2. The van der Waals surface area contributed by atoms with E-state index >= 15 is 0 Å². The second-order valence-corrected chi connectivity index (χ2v) is 8.41. The highest BCUT2D eigenvalue weighted by Gasteiger charge is 2.32. The number of nitrogens with two attached hydrogens (primary N) is 1. The molecule has 9 nitrogen and oxygen atoms in total. The molecule has 2 N–H and O–H groups in total. The molecule has 9 heteroatoms. The van der Waals surface area contributed by atoms with Gasteiger partial charge in [0.1, 0.15) is 11.6 Å². The van der Waals surface area contributed by atoms with Crippen LogP contribution in [0.25, 0.3) is 0 Å². The van der Waals surface area contributed by atoms with Crippen LogP contribution in [0.3, 0.4) is 0 Å². The van der Waals surface area contributed by atoms with Gasteiger partial charge >= 0.3 is 0 Å². The lowest BCUT2D eigenvalue weighted by atomic mass is 9.87. The number of benzene rings is 1. The smallest absolute Gasteiger partial charge is 0.254 e. The lowest BCUT2D eigenvalue weighted by molar-refractivity contribution is 0.0613. The number of aryl methyl sites for hydroxylation is 1. The fourth-order valence-corrected chi connectivity index (χ4v) is 4.37. The topological polar surface area (TPSA) is 113 Å². The van der Waals surface area contributed by atoms with Crippen LogP contribution >= 0.6 is 0 Å². The summed E-state index contributed by atoms with van der Waals surface area (Å²) in [5, 5.41) is 8.34. The van der Waals surface area contributed by atoms with E-state index in [0.29, 0.717) is 41.1 Å². The third kappa shape index (κ3) is 4.88. The molecule has 3 aromatic rings. The van der Waals surface area contributed by atoms with Crippen molar-refractivity contribution in [2.45, 2.75) is 38.6 Å². The maximum absolute atomic E-state index is 13.3. The van der Waals surface area contributed by atoms with Crippen molar-refractivity contribution >= 4 is 11.7 Å². The van der Waals surface area contributed by atoms with Crippen LogP contribution in [-0.2, 0) is 0 Å². The molecular weight excluding hydrogens is 434 g/mol. The molecule has 34 heavy (non-hydrogen) atoms. The monoisotopic (exact) mass is 463 g/mol. The van der Waals surface area contributed by atoms with E-state index in [4.69, 9.17) is 19.9 Å². The summed E-state index contributed by atoms with van der Waals surface area (Å²) in [6.07, 6.45) is 3.20. The predicted molar refractivity (Wildman–Crippen MR) is 128 cm³/mol. The fraction of sp³-hybridized carbons (Fsp3) is 0.360. The Morgan fingerprint density at radius 2 is 1.91 bits per heavy atom. The molecule has 1 aliphatic heterocycles. The second-order valence-electron chi connectivity index (χ2n) is 8.41. The van der Waals surface area contributed by atoms with Gasteiger partial charge in [-0.15, -0.1) is 5.10 Å². The number of rotatable bonds is 6. The molecular formula is C25H29N5O4. The number of carbonyl (C=O) groups is 1. The van der Waals surface area contributed by atoms with Gasteiger partial charge in [-0.3, -0.25) is 4.79 Å². The van der Waals surface area contributed by atoms with Crippen LogP contribution in [0.2, 0.25) is 0 Å². The molecule has 1 fully saturated rings. The summed E-state index contributed by atoms with van der Waals surface area (Å²) in [7, 11) is 3.10. The standard InChI is InChI=1S/C25H29N5O4/c1-15-11-22(26)28-29-24(15)17-9-10-30(16(2)12-17)25(31)18-5-7-20(21(13-18)32-3)34-19-6-8-23(33-4)27-14-19/h5-8,11,13-14,16-17H,9-10,12H2,1-4H3,(H2,26,28)/t16?,17-/m0/s1. The van der Waals surface area contributed by atoms with Gasteiger partial charge in [-0.1, -0.05) is 0 Å². The normalized spacial score (nSPS) is 17.8. The Hall–Kier alpha value is -3.88. The Balaban J connectivity index is 1.47. The van der Waals surface area contributed by atoms with Crippen molar-refractivity contribution in [3.63, 3.8) is 0 Å². The average Bonchev–Trinajstić information content (AvgIpc) is 2.84. The Labute approximate surface area is 198 Å². The van der Waals surface area contributed by atoms with E-state index in [1.165, 1.54) is 0 Å². The number of likely N-dealkylation sites (tertiary alicyclic amines) is 1. The average molecular weight is 464 g/mol. The molecule has 0 aliphatic carbocycles. The van der Waals surface area contributed by atoms with Crippen LogP contribution in [0, 0.1) is 6.92 Å². The highest BCUT2D eigenvalue weighted by atomic mass is 16.5. The summed E-state index contributed by atoms with van der Waals surface area (Å²) in [6.45, 7) is 4.70. The number of aromatic nitrogens is 3. The van der Waals surface area contributed by atoms with E-state index < -0.39 is 0 Å². The zero-order valence-electron chi connectivity index (χ0n) is 19.8. The zero-order valence-corrected chi connectivity index (χ0v) is 19.8. The molecule has 1 saturated heterocycles. The van der Waals surface area contributed by atoms with Gasteiger partial charge in [0.05, 0.1) is 26.1 Å². The van der Waals surface area contributed by atoms with Crippen LogP contribution in [0.5, 0.6) is 23.1 Å². The van der Waals surface area contributed by atoms with E-state index in [1.54, 1.807) is 50.7 Å². The summed E-state index contributed by atoms with van der Waals surface area (Å²) >= 11 is 0. The van der Waals surface area contributed by atoms with Crippen LogP contribution in [0.15, 0.2) is 42.6 Å². The van der Waals surface area contributed by atoms with Crippen LogP contribution in [0.1, 0.15) is 47.3 Å². The largest absolute Gasteiger partial charge is 0.493 e. The number of hydrogen-bond donors (Lipinski definition) is 1. The maximum Gasteiger partial charge on any atom is 0.254 e. The van der Waals surface area contributed by atoms with E-state index in [9.17, 15) is 4.79 Å². The van der Waals surface area contributed by atoms with Crippen LogP contribution in [0.4, 0.5) is 5.82 Å². The molecule has 0 spiro atoms. The molecule has 1 amide bonds.